The lowest BCUT2D eigenvalue weighted by Crippen LogP contribution is -2.53. The van der Waals surface area contributed by atoms with Crippen LogP contribution in [0, 0.1) is 0 Å². The first-order valence-electron chi connectivity index (χ1n) is 3.87. The zero-order valence-electron chi connectivity index (χ0n) is 6.63. The summed E-state index contributed by atoms with van der Waals surface area (Å²) in [5.74, 6) is -2.09. The number of nitrogens with zero attached hydrogens (tertiary/aromatic N) is 1. The van der Waals surface area contributed by atoms with Crippen molar-refractivity contribution in [3.63, 3.8) is 0 Å². The second kappa shape index (κ2) is 3.05. The number of aliphatic hydroxyl groups is 2. The van der Waals surface area contributed by atoms with Crippen molar-refractivity contribution >= 4 is 0 Å². The van der Waals surface area contributed by atoms with E-state index in [9.17, 15) is 4.39 Å². The standard InChI is InChI=1S/C7H14FNO2/c1-2-9-4-3-7(10,11)6(8)5-9/h6,10-11H,2-5H2,1H3. The van der Waals surface area contributed by atoms with E-state index in [1.165, 1.54) is 0 Å². The molecular formula is C7H14FNO2. The Balaban J connectivity index is 2.48. The zero-order chi connectivity index (χ0) is 8.48. The molecule has 0 aromatic carbocycles. The molecule has 0 aliphatic carbocycles. The van der Waals surface area contributed by atoms with Gasteiger partial charge in [-0.1, -0.05) is 6.92 Å². The van der Waals surface area contributed by atoms with Crippen LogP contribution in [0.15, 0.2) is 0 Å². The minimum atomic E-state index is -2.09. The van der Waals surface area contributed by atoms with Crippen LogP contribution in [0.5, 0.6) is 0 Å². The zero-order valence-corrected chi connectivity index (χ0v) is 6.63. The number of rotatable bonds is 1. The lowest BCUT2D eigenvalue weighted by molar-refractivity contribution is -0.228. The number of piperidine rings is 1. The van der Waals surface area contributed by atoms with E-state index in [0.717, 1.165) is 6.54 Å². The maximum Gasteiger partial charge on any atom is 0.197 e. The Kier molecular flexibility index (Phi) is 2.47. The Morgan fingerprint density at radius 3 is 2.73 bits per heavy atom. The van der Waals surface area contributed by atoms with Crippen molar-refractivity contribution in [1.29, 1.82) is 0 Å². The topological polar surface area (TPSA) is 43.7 Å². The largest absolute Gasteiger partial charge is 0.363 e. The van der Waals surface area contributed by atoms with Gasteiger partial charge in [0.05, 0.1) is 0 Å². The molecule has 11 heavy (non-hydrogen) atoms. The summed E-state index contributed by atoms with van der Waals surface area (Å²) in [6, 6.07) is 0. The highest BCUT2D eigenvalue weighted by atomic mass is 19.1. The molecule has 0 bridgehead atoms. The van der Waals surface area contributed by atoms with Crippen LogP contribution in [0.25, 0.3) is 0 Å². The molecule has 0 aromatic rings. The van der Waals surface area contributed by atoms with Crippen molar-refractivity contribution in [1.82, 2.24) is 4.90 Å². The lowest BCUT2D eigenvalue weighted by Gasteiger charge is -2.36. The smallest absolute Gasteiger partial charge is 0.197 e. The van der Waals surface area contributed by atoms with Crippen molar-refractivity contribution in [2.24, 2.45) is 0 Å². The Labute approximate surface area is 65.4 Å². The first-order chi connectivity index (χ1) is 5.06. The summed E-state index contributed by atoms with van der Waals surface area (Å²) in [7, 11) is 0. The van der Waals surface area contributed by atoms with Gasteiger partial charge in [0.2, 0.25) is 0 Å². The molecule has 1 saturated heterocycles. The molecule has 2 N–H and O–H groups in total. The average molecular weight is 163 g/mol. The Morgan fingerprint density at radius 1 is 1.64 bits per heavy atom. The SMILES string of the molecule is CCN1CCC(O)(O)C(F)C1. The van der Waals surface area contributed by atoms with Crippen LogP contribution >= 0.6 is 0 Å². The maximum absolute atomic E-state index is 12.9. The Morgan fingerprint density at radius 2 is 2.27 bits per heavy atom. The summed E-state index contributed by atoms with van der Waals surface area (Å²) in [5, 5.41) is 18.0. The third-order valence-electron chi connectivity index (χ3n) is 2.16. The van der Waals surface area contributed by atoms with E-state index in [2.05, 4.69) is 0 Å². The number of likely N-dealkylation sites (tertiary alicyclic amines) is 1. The molecule has 0 aromatic heterocycles. The summed E-state index contributed by atoms with van der Waals surface area (Å²) >= 11 is 0. The molecule has 1 atom stereocenters. The molecule has 0 saturated carbocycles. The molecular weight excluding hydrogens is 149 g/mol. The second-order valence-corrected chi connectivity index (χ2v) is 2.99. The van der Waals surface area contributed by atoms with E-state index in [-0.39, 0.29) is 13.0 Å². The normalized spacial score (nSPS) is 32.2. The molecule has 1 rings (SSSR count). The molecule has 0 amide bonds. The van der Waals surface area contributed by atoms with Gasteiger partial charge in [0, 0.05) is 19.5 Å². The van der Waals surface area contributed by atoms with E-state index in [1.54, 1.807) is 0 Å². The van der Waals surface area contributed by atoms with Gasteiger partial charge in [-0.3, -0.25) is 0 Å². The van der Waals surface area contributed by atoms with Crippen molar-refractivity contribution in [3.05, 3.63) is 0 Å². The van der Waals surface area contributed by atoms with Gasteiger partial charge in [0.25, 0.3) is 0 Å². The van der Waals surface area contributed by atoms with Gasteiger partial charge in [-0.05, 0) is 6.54 Å². The minimum Gasteiger partial charge on any atom is -0.363 e. The van der Waals surface area contributed by atoms with Crippen LogP contribution < -0.4 is 0 Å². The average Bonchev–Trinajstić information content (AvgIpc) is 1.95. The molecule has 4 heteroatoms. The van der Waals surface area contributed by atoms with Crippen molar-refractivity contribution in [2.75, 3.05) is 19.6 Å². The molecule has 1 unspecified atom stereocenters. The van der Waals surface area contributed by atoms with Crippen LogP contribution in [0.1, 0.15) is 13.3 Å². The maximum atomic E-state index is 12.9. The number of alkyl halides is 1. The third-order valence-corrected chi connectivity index (χ3v) is 2.16. The highest BCUT2D eigenvalue weighted by Crippen LogP contribution is 2.21. The first kappa shape index (κ1) is 8.90. The lowest BCUT2D eigenvalue weighted by atomic mass is 10.0. The summed E-state index contributed by atoms with van der Waals surface area (Å²) in [4.78, 5) is 1.86. The molecule has 3 nitrogen and oxygen atoms in total. The molecule has 1 aliphatic heterocycles. The molecule has 1 heterocycles. The van der Waals surface area contributed by atoms with Gasteiger partial charge in [0.15, 0.2) is 12.0 Å². The first-order valence-corrected chi connectivity index (χ1v) is 3.87. The summed E-state index contributed by atoms with van der Waals surface area (Å²) in [5.41, 5.74) is 0. The van der Waals surface area contributed by atoms with Gasteiger partial charge in [-0.25, -0.2) is 4.39 Å². The van der Waals surface area contributed by atoms with Crippen LogP contribution in [0.2, 0.25) is 0 Å². The van der Waals surface area contributed by atoms with E-state index in [1.807, 2.05) is 11.8 Å². The van der Waals surface area contributed by atoms with E-state index >= 15 is 0 Å². The highest BCUT2D eigenvalue weighted by Gasteiger charge is 2.39. The second-order valence-electron chi connectivity index (χ2n) is 2.99. The van der Waals surface area contributed by atoms with Crippen LogP contribution in [-0.2, 0) is 0 Å². The molecule has 1 fully saturated rings. The minimum absolute atomic E-state index is 0.0992. The van der Waals surface area contributed by atoms with Gasteiger partial charge >= 0.3 is 0 Å². The fourth-order valence-corrected chi connectivity index (χ4v) is 1.23. The van der Waals surface area contributed by atoms with Crippen LogP contribution in [-0.4, -0.2) is 46.7 Å². The van der Waals surface area contributed by atoms with Crippen LogP contribution in [0.4, 0.5) is 4.39 Å². The van der Waals surface area contributed by atoms with Gasteiger partial charge in [0.1, 0.15) is 0 Å². The van der Waals surface area contributed by atoms with E-state index < -0.39 is 12.0 Å². The fourth-order valence-electron chi connectivity index (χ4n) is 1.23. The fraction of sp³-hybridized carbons (Fsp3) is 1.00. The highest BCUT2D eigenvalue weighted by molar-refractivity contribution is 4.84. The Hall–Kier alpha value is -0.190. The monoisotopic (exact) mass is 163 g/mol. The van der Waals surface area contributed by atoms with Gasteiger partial charge in [-0.15, -0.1) is 0 Å². The number of hydrogen-bond donors (Lipinski definition) is 2. The van der Waals surface area contributed by atoms with E-state index in [0.29, 0.717) is 6.54 Å². The summed E-state index contributed by atoms with van der Waals surface area (Å²) < 4.78 is 12.9. The van der Waals surface area contributed by atoms with Crippen molar-refractivity contribution < 1.29 is 14.6 Å². The Bertz CT molecular complexity index is 140. The quantitative estimate of drug-likeness (QED) is 0.523. The van der Waals surface area contributed by atoms with Gasteiger partial charge in [-0.2, -0.15) is 0 Å². The predicted octanol–water partition coefficient (Wildman–Crippen LogP) is -0.269. The molecule has 1 aliphatic rings. The number of hydrogen-bond acceptors (Lipinski definition) is 3. The molecule has 66 valence electrons. The molecule has 0 spiro atoms. The van der Waals surface area contributed by atoms with Gasteiger partial charge < -0.3 is 15.1 Å². The van der Waals surface area contributed by atoms with Crippen molar-refractivity contribution in [3.8, 4) is 0 Å². The van der Waals surface area contributed by atoms with Crippen molar-refractivity contribution in [2.45, 2.75) is 25.3 Å². The third kappa shape index (κ3) is 1.89. The molecule has 0 radical (unpaired) electrons. The predicted molar refractivity (Wildman–Crippen MR) is 38.8 cm³/mol. The summed E-state index contributed by atoms with van der Waals surface area (Å²) in [6.45, 7) is 3.37. The summed E-state index contributed by atoms with van der Waals surface area (Å²) in [6.07, 6.45) is -1.43. The van der Waals surface area contributed by atoms with Crippen LogP contribution in [0.3, 0.4) is 0 Å². The van der Waals surface area contributed by atoms with E-state index in [4.69, 9.17) is 10.2 Å². The number of halogens is 1.